The van der Waals surface area contributed by atoms with Crippen LogP contribution in [0.1, 0.15) is 38.3 Å². The van der Waals surface area contributed by atoms with Gasteiger partial charge in [-0.3, -0.25) is 24.1 Å². The number of phenolic OH excluding ortho intramolecular Hbond substituents is 1. The number of nitrogens with zero attached hydrogens (tertiary/aromatic N) is 2. The molecule has 0 saturated heterocycles. The second-order valence-electron chi connectivity index (χ2n) is 12.8. The van der Waals surface area contributed by atoms with Crippen LogP contribution in [0, 0.1) is 5.92 Å². The van der Waals surface area contributed by atoms with Gasteiger partial charge in [-0.15, -0.1) is 0 Å². The van der Waals surface area contributed by atoms with Gasteiger partial charge in [-0.1, -0.05) is 0 Å². The van der Waals surface area contributed by atoms with E-state index in [1.165, 1.54) is 25.1 Å². The van der Waals surface area contributed by atoms with Crippen LogP contribution in [0.25, 0.3) is 5.76 Å². The summed E-state index contributed by atoms with van der Waals surface area (Å²) in [6.45, 7) is 5.54. The second-order valence-corrected chi connectivity index (χ2v) is 12.8. The molecule has 0 aliphatic heterocycles. The summed E-state index contributed by atoms with van der Waals surface area (Å²) in [5, 5.41) is 63.2. The van der Waals surface area contributed by atoms with E-state index in [1.807, 2.05) is 20.8 Å². The van der Waals surface area contributed by atoms with Crippen molar-refractivity contribution in [3.8, 4) is 5.75 Å². The zero-order valence-corrected chi connectivity index (χ0v) is 25.2. The fourth-order valence-corrected chi connectivity index (χ4v) is 6.43. The first kappa shape index (κ1) is 31.9. The minimum atomic E-state index is -3.23. The molecule has 0 heterocycles. The van der Waals surface area contributed by atoms with Gasteiger partial charge < -0.3 is 46.8 Å². The predicted molar refractivity (Wildman–Crippen MR) is 156 cm³/mol. The Labute approximate surface area is 248 Å². The van der Waals surface area contributed by atoms with Crippen molar-refractivity contribution in [2.75, 3.05) is 45.0 Å². The molecule has 3 aliphatic carbocycles. The summed E-state index contributed by atoms with van der Waals surface area (Å²) >= 11 is 0. The molecule has 1 fully saturated rings. The van der Waals surface area contributed by atoms with Gasteiger partial charge in [0.2, 0.25) is 17.3 Å². The molecule has 1 aromatic carbocycles. The molecule has 4 rings (SSSR count). The smallest absolute Gasteiger partial charge is 0.255 e. The fraction of sp³-hybridized carbons (Fsp3) is 0.517. The summed E-state index contributed by atoms with van der Waals surface area (Å²) < 4.78 is 0. The number of likely N-dealkylation sites (N-methyl/N-ethyl adjacent to an activating group) is 1. The van der Waals surface area contributed by atoms with Gasteiger partial charge in [0.05, 0.1) is 17.8 Å². The molecule has 14 heteroatoms. The number of ketones is 2. The number of nitrogens with one attached hydrogen (secondary N) is 2. The number of benzene rings is 1. The molecule has 0 aromatic heterocycles. The number of aromatic hydroxyl groups is 1. The van der Waals surface area contributed by atoms with Crippen LogP contribution in [-0.2, 0) is 25.6 Å². The summed E-state index contributed by atoms with van der Waals surface area (Å²) in [5.74, 6) is -8.03. The molecular formula is C29H39N5O9. The van der Waals surface area contributed by atoms with Crippen molar-refractivity contribution in [2.24, 2.45) is 11.7 Å². The van der Waals surface area contributed by atoms with E-state index in [1.54, 1.807) is 19.0 Å². The van der Waals surface area contributed by atoms with Crippen molar-refractivity contribution in [3.05, 3.63) is 34.1 Å². The molecule has 1 aromatic rings. The third-order valence-corrected chi connectivity index (χ3v) is 8.32. The zero-order valence-electron chi connectivity index (χ0n) is 25.2. The number of fused-ring (bicyclic) bond motifs is 3. The van der Waals surface area contributed by atoms with Crippen LogP contribution < -0.4 is 21.3 Å². The zero-order chi connectivity index (χ0) is 32.6. The Bertz CT molecular complexity index is 1510. The summed E-state index contributed by atoms with van der Waals surface area (Å²) in [7, 11) is 6.18. The number of Topliss-reactive ketones (excluding diaryl/α,β-unsaturated/α-hetero) is 2. The molecule has 1 saturated carbocycles. The Balaban J connectivity index is 1.93. The highest BCUT2D eigenvalue weighted by Crippen LogP contribution is 2.56. The van der Waals surface area contributed by atoms with Crippen LogP contribution in [0.3, 0.4) is 0 Å². The molecule has 0 spiro atoms. The Kier molecular flexibility index (Phi) is 7.67. The molecule has 14 nitrogen and oxygen atoms in total. The summed E-state index contributed by atoms with van der Waals surface area (Å²) in [5.41, 5.74) is -1.76. The molecule has 4 atom stereocenters. The maximum absolute atomic E-state index is 14.1. The highest BCUT2D eigenvalue weighted by atomic mass is 16.4. The SMILES string of the molecule is CN(C)c1cc(NC(=O)CNC(C)(C)C)c(O)c2c1C[C@H]1CC3(O)[C@H](N(C)C)C(=O)C(C(N)=O)=C(O)[C@@]3(O)C(=O)C1=C2O. The van der Waals surface area contributed by atoms with E-state index in [0.29, 0.717) is 11.3 Å². The van der Waals surface area contributed by atoms with Gasteiger partial charge in [0, 0.05) is 30.9 Å². The standard InChI is InChI=1S/C29H39N5O9/c1-27(2,3)31-11-16(35)32-14-9-15(33(4)5)13-8-12-10-28(42)23(34(6)7)22(38)19(26(30)41)25(40)29(28,43)24(39)17(12)21(37)18(13)20(14)36/h9,12,23,31,36-37,40,42-43H,8,10-11H2,1-7H3,(H2,30,41)(H,32,35)/t12-,23+,28?,29-/m0/s1. The average Bonchev–Trinajstić information content (AvgIpc) is 2.85. The van der Waals surface area contributed by atoms with Crippen LogP contribution in [-0.4, -0.2) is 111 Å². The lowest BCUT2D eigenvalue weighted by molar-refractivity contribution is -0.202. The number of carbonyl (C=O) groups excluding carboxylic acids is 4. The Hall–Kier alpha value is -3.98. The van der Waals surface area contributed by atoms with Crippen LogP contribution in [0.15, 0.2) is 23.0 Å². The quantitative estimate of drug-likeness (QED) is 0.152. The van der Waals surface area contributed by atoms with Gasteiger partial charge in [0.15, 0.2) is 11.5 Å². The number of nitrogens with two attached hydrogens (primary N) is 1. The number of hydrogen-bond acceptors (Lipinski definition) is 12. The summed E-state index contributed by atoms with van der Waals surface area (Å²) in [6, 6.07) is -0.150. The third kappa shape index (κ3) is 4.74. The summed E-state index contributed by atoms with van der Waals surface area (Å²) in [6.07, 6.45) is -0.537. The number of primary amides is 1. The van der Waals surface area contributed by atoms with E-state index in [4.69, 9.17) is 5.73 Å². The Morgan fingerprint density at radius 1 is 1.09 bits per heavy atom. The number of aliphatic hydroxyl groups is 4. The normalized spacial score (nSPS) is 27.1. The maximum atomic E-state index is 14.1. The van der Waals surface area contributed by atoms with E-state index >= 15 is 0 Å². The monoisotopic (exact) mass is 601 g/mol. The lowest BCUT2D eigenvalue weighted by Gasteiger charge is -2.55. The van der Waals surface area contributed by atoms with Crippen LogP contribution in [0.5, 0.6) is 5.75 Å². The minimum absolute atomic E-state index is 0.0404. The third-order valence-electron chi connectivity index (χ3n) is 8.32. The Morgan fingerprint density at radius 2 is 1.70 bits per heavy atom. The first-order valence-corrected chi connectivity index (χ1v) is 13.7. The second kappa shape index (κ2) is 10.3. The number of aliphatic hydroxyl groups excluding tert-OH is 2. The van der Waals surface area contributed by atoms with Crippen molar-refractivity contribution < 1.29 is 44.7 Å². The number of anilines is 2. The topological polar surface area (TPSA) is 226 Å². The average molecular weight is 602 g/mol. The van der Waals surface area contributed by atoms with Crippen LogP contribution in [0.2, 0.25) is 0 Å². The van der Waals surface area contributed by atoms with E-state index in [2.05, 4.69) is 10.6 Å². The van der Waals surface area contributed by atoms with Crippen molar-refractivity contribution in [1.29, 1.82) is 0 Å². The highest BCUT2D eigenvalue weighted by molar-refractivity contribution is 6.25. The van der Waals surface area contributed by atoms with E-state index in [9.17, 15) is 44.7 Å². The summed E-state index contributed by atoms with van der Waals surface area (Å²) in [4.78, 5) is 55.1. The first-order valence-electron chi connectivity index (χ1n) is 13.7. The molecule has 2 amide bonds. The van der Waals surface area contributed by atoms with Gasteiger partial charge in [-0.05, 0) is 65.3 Å². The molecule has 3 aliphatic rings. The van der Waals surface area contributed by atoms with Gasteiger partial charge in [0.25, 0.3) is 5.91 Å². The highest BCUT2D eigenvalue weighted by Gasteiger charge is 2.72. The number of amides is 2. The van der Waals surface area contributed by atoms with Crippen molar-refractivity contribution in [3.63, 3.8) is 0 Å². The fourth-order valence-electron chi connectivity index (χ4n) is 6.43. The molecule has 9 N–H and O–H groups in total. The number of hydrogen-bond donors (Lipinski definition) is 8. The molecule has 43 heavy (non-hydrogen) atoms. The van der Waals surface area contributed by atoms with E-state index in [0.717, 1.165) is 0 Å². The molecular weight excluding hydrogens is 562 g/mol. The van der Waals surface area contributed by atoms with Gasteiger partial charge >= 0.3 is 0 Å². The first-order chi connectivity index (χ1) is 19.7. The Morgan fingerprint density at radius 3 is 2.21 bits per heavy atom. The lowest BCUT2D eigenvalue weighted by Crippen LogP contribution is -2.76. The van der Waals surface area contributed by atoms with Crippen molar-refractivity contribution in [2.45, 2.75) is 56.4 Å². The van der Waals surface area contributed by atoms with Crippen molar-refractivity contribution >= 4 is 40.5 Å². The number of rotatable bonds is 6. The van der Waals surface area contributed by atoms with Crippen LogP contribution in [0.4, 0.5) is 11.4 Å². The van der Waals surface area contributed by atoms with Crippen molar-refractivity contribution in [1.82, 2.24) is 10.2 Å². The molecule has 1 unspecified atom stereocenters. The van der Waals surface area contributed by atoms with Gasteiger partial charge in [0.1, 0.15) is 28.7 Å². The predicted octanol–water partition coefficient (Wildman–Crippen LogP) is -0.528. The number of phenols is 1. The molecule has 234 valence electrons. The van der Waals surface area contributed by atoms with E-state index < -0.39 is 81.4 Å². The van der Waals surface area contributed by atoms with Gasteiger partial charge in [-0.25, -0.2) is 0 Å². The lowest BCUT2D eigenvalue weighted by atomic mass is 9.55. The maximum Gasteiger partial charge on any atom is 0.255 e. The largest absolute Gasteiger partial charge is 0.508 e. The van der Waals surface area contributed by atoms with E-state index in [-0.39, 0.29) is 29.8 Å². The molecule has 0 bridgehead atoms. The van der Waals surface area contributed by atoms with Crippen LogP contribution >= 0.6 is 0 Å². The number of carbonyl (C=O) groups is 4. The minimum Gasteiger partial charge on any atom is -0.508 e. The molecule has 0 radical (unpaired) electrons. The van der Waals surface area contributed by atoms with Gasteiger partial charge in [-0.2, -0.15) is 0 Å².